The molecule has 0 bridgehead atoms. The highest BCUT2D eigenvalue weighted by molar-refractivity contribution is 7.92. The van der Waals surface area contributed by atoms with Crippen LogP contribution in [0.4, 0.5) is 17.1 Å². The van der Waals surface area contributed by atoms with E-state index in [4.69, 9.17) is 23.2 Å². The largest absolute Gasteiger partial charge is 0.478 e. The summed E-state index contributed by atoms with van der Waals surface area (Å²) in [7, 11) is -2.25. The number of hydrogen-bond acceptors (Lipinski definition) is 6. The van der Waals surface area contributed by atoms with Gasteiger partial charge in [-0.25, -0.2) is 13.2 Å². The summed E-state index contributed by atoms with van der Waals surface area (Å²) in [6.45, 7) is 0. The molecule has 0 aliphatic carbocycles. The van der Waals surface area contributed by atoms with Crippen LogP contribution < -0.4 is 9.62 Å². The number of aromatic nitrogens is 1. The minimum atomic E-state index is -4.09. The number of anilines is 3. The molecular formula is C26H19Cl2N3O5S. The van der Waals surface area contributed by atoms with Gasteiger partial charge in [0.15, 0.2) is 0 Å². The van der Waals surface area contributed by atoms with Crippen molar-refractivity contribution in [3.05, 3.63) is 112 Å². The summed E-state index contributed by atoms with van der Waals surface area (Å²) < 4.78 is 27.7. The predicted molar refractivity (Wildman–Crippen MR) is 143 cm³/mol. The quantitative estimate of drug-likeness (QED) is 0.260. The Morgan fingerprint density at radius 2 is 1.46 bits per heavy atom. The summed E-state index contributed by atoms with van der Waals surface area (Å²) in [5, 5.41) is 10.6. The molecule has 0 unspecified atom stereocenters. The number of nitrogens with zero attached hydrogens (tertiary/aromatic N) is 2. The van der Waals surface area contributed by atoms with Gasteiger partial charge in [-0.2, -0.15) is 0 Å². The molecule has 0 saturated carbocycles. The second-order valence-electron chi connectivity index (χ2n) is 7.89. The van der Waals surface area contributed by atoms with Crippen molar-refractivity contribution >= 4 is 62.0 Å². The molecule has 37 heavy (non-hydrogen) atoms. The Kier molecular flexibility index (Phi) is 7.49. The third kappa shape index (κ3) is 5.91. The van der Waals surface area contributed by atoms with Gasteiger partial charge in [-0.1, -0.05) is 23.2 Å². The summed E-state index contributed by atoms with van der Waals surface area (Å²) in [5.74, 6) is -1.92. The van der Waals surface area contributed by atoms with E-state index < -0.39 is 21.8 Å². The fraction of sp³-hybridized carbons (Fsp3) is 0.0385. The summed E-state index contributed by atoms with van der Waals surface area (Å²) in [6, 6.07) is 19.5. The predicted octanol–water partition coefficient (Wildman–Crippen LogP) is 5.89. The Morgan fingerprint density at radius 3 is 2.03 bits per heavy atom. The van der Waals surface area contributed by atoms with E-state index in [2.05, 4.69) is 9.71 Å². The fourth-order valence-electron chi connectivity index (χ4n) is 3.45. The van der Waals surface area contributed by atoms with Crippen LogP contribution in [0.25, 0.3) is 0 Å². The first-order chi connectivity index (χ1) is 17.5. The molecule has 0 aliphatic rings. The maximum absolute atomic E-state index is 13.0. The number of carboxylic acid groups (broad SMARTS) is 1. The number of ketones is 1. The highest BCUT2D eigenvalue weighted by Crippen LogP contribution is 2.26. The van der Waals surface area contributed by atoms with Crippen LogP contribution in [-0.2, 0) is 10.0 Å². The number of nitrogens with one attached hydrogen (secondary N) is 1. The standard InChI is InChI=1S/C26H19Cl2N3O5S/c1-31(19-7-3-17(27)4-8-19)20-9-13-24(29-15-20)25(32)16-2-12-23(22(14-16)26(33)34)30-37(35,36)21-10-5-18(28)6-11-21/h2-15,30H,1H3,(H,33,34). The SMILES string of the molecule is CN(c1ccc(Cl)cc1)c1ccc(C(=O)c2ccc(NS(=O)(=O)c3ccc(Cl)cc3)c(C(=O)O)c2)nc1. The Balaban J connectivity index is 1.58. The van der Waals surface area contributed by atoms with Crippen molar-refractivity contribution in [2.75, 3.05) is 16.7 Å². The number of rotatable bonds is 8. The first kappa shape index (κ1) is 26.2. The van der Waals surface area contributed by atoms with Crippen LogP contribution in [0.15, 0.2) is 90.0 Å². The van der Waals surface area contributed by atoms with Crippen LogP contribution in [0.2, 0.25) is 10.0 Å². The van der Waals surface area contributed by atoms with Crippen LogP contribution in [0, 0.1) is 0 Å². The highest BCUT2D eigenvalue weighted by Gasteiger charge is 2.21. The van der Waals surface area contributed by atoms with Crippen molar-refractivity contribution in [1.29, 1.82) is 0 Å². The molecule has 0 atom stereocenters. The number of pyridine rings is 1. The van der Waals surface area contributed by atoms with E-state index in [9.17, 15) is 23.1 Å². The number of halogens is 2. The Bertz CT molecular complexity index is 1570. The molecule has 4 aromatic rings. The third-order valence-electron chi connectivity index (χ3n) is 5.46. The molecule has 4 rings (SSSR count). The van der Waals surface area contributed by atoms with E-state index >= 15 is 0 Å². The van der Waals surface area contributed by atoms with Crippen molar-refractivity contribution in [2.24, 2.45) is 0 Å². The summed E-state index contributed by atoms with van der Waals surface area (Å²) >= 11 is 11.7. The number of carbonyl (C=O) groups excluding carboxylic acids is 1. The van der Waals surface area contributed by atoms with Crippen molar-refractivity contribution in [3.63, 3.8) is 0 Å². The molecule has 0 aliphatic heterocycles. The third-order valence-corrected chi connectivity index (χ3v) is 7.35. The van der Waals surface area contributed by atoms with Gasteiger partial charge in [0.2, 0.25) is 5.78 Å². The normalized spacial score (nSPS) is 11.1. The van der Waals surface area contributed by atoms with Crippen molar-refractivity contribution in [1.82, 2.24) is 4.98 Å². The van der Waals surface area contributed by atoms with E-state index in [0.717, 1.165) is 17.4 Å². The molecule has 1 heterocycles. The number of sulfonamides is 1. The zero-order valence-electron chi connectivity index (χ0n) is 19.2. The first-order valence-corrected chi connectivity index (χ1v) is 12.9. The van der Waals surface area contributed by atoms with Crippen LogP contribution in [0.3, 0.4) is 0 Å². The summed E-state index contributed by atoms with van der Waals surface area (Å²) in [4.78, 5) is 30.9. The Hall–Kier alpha value is -3.92. The van der Waals surface area contributed by atoms with Crippen LogP contribution in [0.1, 0.15) is 26.4 Å². The molecule has 188 valence electrons. The lowest BCUT2D eigenvalue weighted by Crippen LogP contribution is -2.16. The van der Waals surface area contributed by atoms with E-state index in [1.807, 2.05) is 24.1 Å². The first-order valence-electron chi connectivity index (χ1n) is 10.7. The summed E-state index contributed by atoms with van der Waals surface area (Å²) in [5.41, 5.74) is 1.15. The molecule has 0 fully saturated rings. The summed E-state index contributed by atoms with van der Waals surface area (Å²) in [6.07, 6.45) is 1.52. The maximum Gasteiger partial charge on any atom is 0.337 e. The second kappa shape index (κ2) is 10.6. The van der Waals surface area contributed by atoms with Crippen LogP contribution >= 0.6 is 23.2 Å². The lowest BCUT2D eigenvalue weighted by Gasteiger charge is -2.19. The van der Waals surface area contributed by atoms with Gasteiger partial charge >= 0.3 is 5.97 Å². The number of carbonyl (C=O) groups is 2. The van der Waals surface area contributed by atoms with Gasteiger partial charge in [0.1, 0.15) is 5.69 Å². The molecule has 3 aromatic carbocycles. The molecule has 0 saturated heterocycles. The number of hydrogen-bond donors (Lipinski definition) is 2. The highest BCUT2D eigenvalue weighted by atomic mass is 35.5. The van der Waals surface area contributed by atoms with Gasteiger partial charge in [-0.05, 0) is 78.9 Å². The second-order valence-corrected chi connectivity index (χ2v) is 10.4. The van der Waals surface area contributed by atoms with Gasteiger partial charge in [0.05, 0.1) is 28.0 Å². The molecule has 11 heteroatoms. The zero-order chi connectivity index (χ0) is 26.7. The fourth-order valence-corrected chi connectivity index (χ4v) is 4.78. The number of aromatic carboxylic acids is 1. The smallest absolute Gasteiger partial charge is 0.337 e. The average molecular weight is 556 g/mol. The Morgan fingerprint density at radius 1 is 0.865 bits per heavy atom. The monoisotopic (exact) mass is 555 g/mol. The number of benzene rings is 3. The topological polar surface area (TPSA) is 117 Å². The maximum atomic E-state index is 13.0. The lowest BCUT2D eigenvalue weighted by atomic mass is 10.0. The Labute approximate surface area is 223 Å². The molecule has 8 nitrogen and oxygen atoms in total. The molecule has 0 spiro atoms. The van der Waals surface area contributed by atoms with E-state index in [-0.39, 0.29) is 27.4 Å². The lowest BCUT2D eigenvalue weighted by molar-refractivity contribution is 0.0698. The molecule has 2 N–H and O–H groups in total. The van der Waals surface area contributed by atoms with E-state index in [1.165, 1.54) is 48.7 Å². The molecule has 1 aromatic heterocycles. The van der Waals surface area contributed by atoms with Crippen molar-refractivity contribution in [2.45, 2.75) is 4.90 Å². The van der Waals surface area contributed by atoms with Gasteiger partial charge in [-0.3, -0.25) is 14.5 Å². The molecule has 0 amide bonds. The van der Waals surface area contributed by atoms with Crippen LogP contribution in [0.5, 0.6) is 0 Å². The number of carboxylic acids is 1. The van der Waals surface area contributed by atoms with Gasteiger partial charge in [0, 0.05) is 28.3 Å². The average Bonchev–Trinajstić information content (AvgIpc) is 2.88. The van der Waals surface area contributed by atoms with Crippen LogP contribution in [-0.4, -0.2) is 37.3 Å². The van der Waals surface area contributed by atoms with Crippen molar-refractivity contribution < 1.29 is 23.1 Å². The van der Waals surface area contributed by atoms with Gasteiger partial charge in [-0.15, -0.1) is 0 Å². The molecular weight excluding hydrogens is 537 g/mol. The van der Waals surface area contributed by atoms with E-state index in [0.29, 0.717) is 10.0 Å². The zero-order valence-corrected chi connectivity index (χ0v) is 21.6. The minimum absolute atomic E-state index is 0.0400. The molecule has 0 radical (unpaired) electrons. The van der Waals surface area contributed by atoms with Gasteiger partial charge in [0.25, 0.3) is 10.0 Å². The minimum Gasteiger partial charge on any atom is -0.478 e. The van der Waals surface area contributed by atoms with Gasteiger partial charge < -0.3 is 10.0 Å². The van der Waals surface area contributed by atoms with E-state index in [1.54, 1.807) is 18.2 Å². The van der Waals surface area contributed by atoms with Crippen molar-refractivity contribution in [3.8, 4) is 0 Å².